The predicted molar refractivity (Wildman–Crippen MR) is 86.9 cm³/mol. The molecule has 0 unspecified atom stereocenters. The van der Waals surface area contributed by atoms with Gasteiger partial charge in [-0.05, 0) is 44.4 Å². The number of benzene rings is 1. The van der Waals surface area contributed by atoms with Crippen molar-refractivity contribution in [3.05, 3.63) is 23.8 Å². The molecule has 0 saturated carbocycles. The molecule has 0 aliphatic carbocycles. The van der Waals surface area contributed by atoms with Gasteiger partial charge in [-0.3, -0.25) is 9.59 Å². The molecule has 23 heavy (non-hydrogen) atoms. The van der Waals surface area contributed by atoms with Crippen LogP contribution in [0.2, 0.25) is 0 Å². The quantitative estimate of drug-likeness (QED) is 0.868. The summed E-state index contributed by atoms with van der Waals surface area (Å²) in [6.07, 6.45) is 3.29. The summed E-state index contributed by atoms with van der Waals surface area (Å²) in [4.78, 5) is 25.7. The van der Waals surface area contributed by atoms with Gasteiger partial charge in [0.2, 0.25) is 0 Å². The third kappa shape index (κ3) is 4.61. The highest BCUT2D eigenvalue weighted by molar-refractivity contribution is 5.94. The lowest BCUT2D eigenvalue weighted by molar-refractivity contribution is -0.134. The Morgan fingerprint density at radius 3 is 2.52 bits per heavy atom. The lowest BCUT2D eigenvalue weighted by Gasteiger charge is -2.26. The van der Waals surface area contributed by atoms with E-state index in [1.807, 2.05) is 11.8 Å². The second-order valence-corrected chi connectivity index (χ2v) is 5.40. The standard InChI is InChI=1S/C17H24N2O4/c1-3-22-15-11-13(17(21)18-2)7-8-14(15)23-12-16(20)19-9-5-4-6-10-19/h7-8,11H,3-6,9-10,12H2,1-2H3,(H,18,21). The van der Waals surface area contributed by atoms with Crippen LogP contribution in [0.4, 0.5) is 0 Å². The van der Waals surface area contributed by atoms with Gasteiger partial charge in [0.15, 0.2) is 18.1 Å². The number of rotatable bonds is 6. The van der Waals surface area contributed by atoms with Crippen molar-refractivity contribution < 1.29 is 19.1 Å². The number of hydrogen-bond donors (Lipinski definition) is 1. The van der Waals surface area contributed by atoms with Crippen LogP contribution in [0.1, 0.15) is 36.5 Å². The summed E-state index contributed by atoms with van der Waals surface area (Å²) < 4.78 is 11.1. The van der Waals surface area contributed by atoms with Gasteiger partial charge in [-0.1, -0.05) is 0 Å². The van der Waals surface area contributed by atoms with E-state index in [2.05, 4.69) is 5.32 Å². The molecule has 1 aliphatic rings. The van der Waals surface area contributed by atoms with E-state index in [9.17, 15) is 9.59 Å². The van der Waals surface area contributed by atoms with Crippen LogP contribution in [0.15, 0.2) is 18.2 Å². The zero-order valence-electron chi connectivity index (χ0n) is 13.8. The number of ether oxygens (including phenoxy) is 2. The number of carbonyl (C=O) groups excluding carboxylic acids is 2. The molecule has 1 aliphatic heterocycles. The van der Waals surface area contributed by atoms with Crippen molar-refractivity contribution in [2.24, 2.45) is 0 Å². The van der Waals surface area contributed by atoms with Crippen LogP contribution in [0.5, 0.6) is 11.5 Å². The smallest absolute Gasteiger partial charge is 0.260 e. The van der Waals surface area contributed by atoms with Crippen LogP contribution < -0.4 is 14.8 Å². The van der Waals surface area contributed by atoms with Crippen LogP contribution in [-0.4, -0.2) is 50.1 Å². The number of nitrogens with one attached hydrogen (secondary N) is 1. The molecule has 0 atom stereocenters. The normalized spacial score (nSPS) is 14.3. The molecule has 0 bridgehead atoms. The Kier molecular flexibility index (Phi) is 6.26. The SMILES string of the molecule is CCOc1cc(C(=O)NC)ccc1OCC(=O)N1CCCCC1. The number of hydrogen-bond acceptors (Lipinski definition) is 4. The van der Waals surface area contributed by atoms with Crippen molar-refractivity contribution in [2.75, 3.05) is 33.4 Å². The second-order valence-electron chi connectivity index (χ2n) is 5.40. The molecule has 2 rings (SSSR count). The van der Waals surface area contributed by atoms with Gasteiger partial charge in [-0.2, -0.15) is 0 Å². The summed E-state index contributed by atoms with van der Waals surface area (Å²) in [5, 5.41) is 2.57. The summed E-state index contributed by atoms with van der Waals surface area (Å²) in [6, 6.07) is 4.95. The first-order valence-electron chi connectivity index (χ1n) is 8.05. The van der Waals surface area contributed by atoms with Crippen molar-refractivity contribution in [2.45, 2.75) is 26.2 Å². The van der Waals surface area contributed by atoms with E-state index in [0.29, 0.717) is 23.7 Å². The zero-order valence-corrected chi connectivity index (χ0v) is 13.8. The summed E-state index contributed by atoms with van der Waals surface area (Å²) in [5.41, 5.74) is 0.491. The van der Waals surface area contributed by atoms with Gasteiger partial charge in [-0.25, -0.2) is 0 Å². The van der Waals surface area contributed by atoms with Gasteiger partial charge in [-0.15, -0.1) is 0 Å². The first kappa shape index (κ1) is 17.1. The largest absolute Gasteiger partial charge is 0.490 e. The lowest BCUT2D eigenvalue weighted by atomic mass is 10.1. The molecule has 1 fully saturated rings. The van der Waals surface area contributed by atoms with E-state index in [-0.39, 0.29) is 18.4 Å². The molecule has 1 N–H and O–H groups in total. The summed E-state index contributed by atoms with van der Waals surface area (Å²) in [5.74, 6) is 0.745. The average molecular weight is 320 g/mol. The number of carbonyl (C=O) groups is 2. The van der Waals surface area contributed by atoms with Gasteiger partial charge >= 0.3 is 0 Å². The minimum absolute atomic E-state index is 0.0115. The van der Waals surface area contributed by atoms with E-state index in [1.165, 1.54) is 6.42 Å². The predicted octanol–water partition coefficient (Wildman–Crippen LogP) is 1.84. The van der Waals surface area contributed by atoms with Crippen LogP contribution in [0.25, 0.3) is 0 Å². The molecule has 0 aromatic heterocycles. The van der Waals surface area contributed by atoms with Crippen LogP contribution in [0.3, 0.4) is 0 Å². The number of amides is 2. The highest BCUT2D eigenvalue weighted by Gasteiger charge is 2.18. The van der Waals surface area contributed by atoms with E-state index in [4.69, 9.17) is 9.47 Å². The minimum Gasteiger partial charge on any atom is -0.490 e. The molecule has 1 heterocycles. The maximum Gasteiger partial charge on any atom is 0.260 e. The number of nitrogens with zero attached hydrogens (tertiary/aromatic N) is 1. The zero-order chi connectivity index (χ0) is 16.7. The molecule has 1 aromatic carbocycles. The summed E-state index contributed by atoms with van der Waals surface area (Å²) in [6.45, 7) is 3.90. The molecule has 1 saturated heterocycles. The van der Waals surface area contributed by atoms with Crippen molar-refractivity contribution in [1.82, 2.24) is 10.2 Å². The molecule has 2 amide bonds. The first-order chi connectivity index (χ1) is 11.2. The Balaban J connectivity index is 2.03. The minimum atomic E-state index is -0.193. The van der Waals surface area contributed by atoms with Gasteiger partial charge < -0.3 is 19.7 Å². The second kappa shape index (κ2) is 8.41. The molecule has 0 radical (unpaired) electrons. The van der Waals surface area contributed by atoms with Crippen LogP contribution in [-0.2, 0) is 4.79 Å². The Hall–Kier alpha value is -2.24. The van der Waals surface area contributed by atoms with Crippen molar-refractivity contribution in [3.8, 4) is 11.5 Å². The fourth-order valence-electron chi connectivity index (χ4n) is 2.56. The molecule has 0 spiro atoms. The molecule has 1 aromatic rings. The third-order valence-corrected chi connectivity index (χ3v) is 3.79. The highest BCUT2D eigenvalue weighted by atomic mass is 16.5. The van der Waals surface area contributed by atoms with Gasteiger partial charge in [0.05, 0.1) is 6.61 Å². The summed E-state index contributed by atoms with van der Waals surface area (Å²) in [7, 11) is 1.57. The van der Waals surface area contributed by atoms with Crippen molar-refractivity contribution in [3.63, 3.8) is 0 Å². The van der Waals surface area contributed by atoms with Gasteiger partial charge in [0.25, 0.3) is 11.8 Å². The van der Waals surface area contributed by atoms with Gasteiger partial charge in [0.1, 0.15) is 0 Å². The Bertz CT molecular complexity index is 554. The molecule has 6 nitrogen and oxygen atoms in total. The van der Waals surface area contributed by atoms with Crippen LogP contribution >= 0.6 is 0 Å². The topological polar surface area (TPSA) is 67.9 Å². The van der Waals surface area contributed by atoms with Crippen molar-refractivity contribution in [1.29, 1.82) is 0 Å². The highest BCUT2D eigenvalue weighted by Crippen LogP contribution is 2.28. The van der Waals surface area contributed by atoms with Crippen LogP contribution in [0, 0.1) is 0 Å². The maximum atomic E-state index is 12.2. The van der Waals surface area contributed by atoms with E-state index < -0.39 is 0 Å². The van der Waals surface area contributed by atoms with E-state index >= 15 is 0 Å². The van der Waals surface area contributed by atoms with E-state index in [1.54, 1.807) is 25.2 Å². The third-order valence-electron chi connectivity index (χ3n) is 3.79. The number of likely N-dealkylation sites (tertiary alicyclic amines) is 1. The lowest BCUT2D eigenvalue weighted by Crippen LogP contribution is -2.38. The Morgan fingerprint density at radius 1 is 1.13 bits per heavy atom. The van der Waals surface area contributed by atoms with E-state index in [0.717, 1.165) is 25.9 Å². The van der Waals surface area contributed by atoms with Gasteiger partial charge in [0, 0.05) is 25.7 Å². The molecular formula is C17H24N2O4. The Morgan fingerprint density at radius 2 is 1.87 bits per heavy atom. The first-order valence-corrected chi connectivity index (χ1v) is 8.05. The fourth-order valence-corrected chi connectivity index (χ4v) is 2.56. The monoisotopic (exact) mass is 320 g/mol. The average Bonchev–Trinajstić information content (AvgIpc) is 2.60. The number of piperidine rings is 1. The fraction of sp³-hybridized carbons (Fsp3) is 0.529. The van der Waals surface area contributed by atoms with Crippen molar-refractivity contribution >= 4 is 11.8 Å². The Labute approximate surface area is 136 Å². The molecular weight excluding hydrogens is 296 g/mol. The maximum absolute atomic E-state index is 12.2. The summed E-state index contributed by atoms with van der Waals surface area (Å²) >= 11 is 0. The molecule has 126 valence electrons. The molecule has 6 heteroatoms.